The fraction of sp³-hybridized carbons (Fsp3) is 0.400. The Morgan fingerprint density at radius 2 is 1.67 bits per heavy atom. The van der Waals surface area contributed by atoms with Gasteiger partial charge in [-0.1, -0.05) is 0 Å². The van der Waals surface area contributed by atoms with Gasteiger partial charge in [0.2, 0.25) is 6.35 Å². The second-order valence-electron chi connectivity index (χ2n) is 2.28. The largest absolute Gasteiger partial charge is 0.356 e. The fourth-order valence-corrected chi connectivity index (χ4v) is 0.558. The van der Waals surface area contributed by atoms with Gasteiger partial charge in [-0.15, -0.1) is 0 Å². The first-order valence-electron chi connectivity index (χ1n) is 3.73. The van der Waals surface area contributed by atoms with Gasteiger partial charge >= 0.3 is 18.1 Å². The molecule has 1 unspecified atom stereocenters. The normalized spacial score (nSPS) is 11.0. The van der Waals surface area contributed by atoms with Crippen LogP contribution in [0.2, 0.25) is 0 Å². The molecule has 0 aliphatic rings. The number of carbonyl (C=O) groups excluding carboxylic acids is 3. The summed E-state index contributed by atoms with van der Waals surface area (Å²) in [5.41, 5.74) is 9.35. The third-order valence-electron chi connectivity index (χ3n) is 1.06. The van der Waals surface area contributed by atoms with Crippen LogP contribution in [0.3, 0.4) is 0 Å². The topological polar surface area (TPSA) is 172 Å². The van der Waals surface area contributed by atoms with Crippen LogP contribution in [-0.2, 0) is 0 Å². The van der Waals surface area contributed by atoms with Crippen LogP contribution < -0.4 is 32.7 Å². The number of amides is 6. The molecular formula is C5H12N6O4. The van der Waals surface area contributed by atoms with Crippen molar-refractivity contribution >= 4 is 18.1 Å². The highest BCUT2D eigenvalue weighted by Crippen LogP contribution is 1.70. The van der Waals surface area contributed by atoms with Gasteiger partial charge in [-0.2, -0.15) is 0 Å². The van der Waals surface area contributed by atoms with Gasteiger partial charge in [0, 0.05) is 0 Å². The van der Waals surface area contributed by atoms with Gasteiger partial charge in [0.05, 0.1) is 6.67 Å². The molecular weight excluding hydrogens is 208 g/mol. The minimum Gasteiger partial charge on any atom is -0.356 e. The van der Waals surface area contributed by atoms with E-state index in [1.54, 1.807) is 5.32 Å². The second kappa shape index (κ2) is 6.26. The molecule has 0 rings (SSSR count). The summed E-state index contributed by atoms with van der Waals surface area (Å²) in [6.45, 7) is -0.218. The van der Waals surface area contributed by atoms with Crippen molar-refractivity contribution in [3.63, 3.8) is 0 Å². The highest BCUT2D eigenvalue weighted by Gasteiger charge is 2.08. The molecule has 0 aliphatic heterocycles. The van der Waals surface area contributed by atoms with E-state index in [0.29, 0.717) is 0 Å². The van der Waals surface area contributed by atoms with Crippen LogP contribution in [0, 0.1) is 0 Å². The van der Waals surface area contributed by atoms with Crippen molar-refractivity contribution in [2.24, 2.45) is 11.5 Å². The van der Waals surface area contributed by atoms with E-state index in [-0.39, 0.29) is 6.67 Å². The van der Waals surface area contributed by atoms with Crippen LogP contribution in [0.1, 0.15) is 0 Å². The first kappa shape index (κ1) is 12.8. The average Bonchev–Trinajstić information content (AvgIpc) is 2.00. The number of aliphatic hydroxyl groups excluding tert-OH is 1. The number of rotatable bonds is 4. The maximum Gasteiger partial charge on any atom is 0.319 e. The zero-order chi connectivity index (χ0) is 11.8. The summed E-state index contributed by atoms with van der Waals surface area (Å²) in [4.78, 5) is 31.2. The van der Waals surface area contributed by atoms with Crippen molar-refractivity contribution in [2.45, 2.75) is 6.35 Å². The first-order valence-corrected chi connectivity index (χ1v) is 3.73. The summed E-state index contributed by atoms with van der Waals surface area (Å²) in [6, 6.07) is -2.64. The molecule has 15 heavy (non-hydrogen) atoms. The molecule has 10 heteroatoms. The van der Waals surface area contributed by atoms with Crippen LogP contribution >= 0.6 is 0 Å². The molecule has 0 aliphatic carbocycles. The van der Waals surface area contributed by atoms with Crippen LogP contribution in [0.15, 0.2) is 0 Å². The lowest BCUT2D eigenvalue weighted by Crippen LogP contribution is -2.53. The number of nitrogens with one attached hydrogen (secondary N) is 4. The zero-order valence-electron chi connectivity index (χ0n) is 7.61. The quantitative estimate of drug-likeness (QED) is 0.248. The Bertz CT molecular complexity index is 256. The summed E-state index contributed by atoms with van der Waals surface area (Å²) >= 11 is 0. The summed E-state index contributed by atoms with van der Waals surface area (Å²) < 4.78 is 0. The lowest BCUT2D eigenvalue weighted by Gasteiger charge is -2.13. The number of urea groups is 3. The number of nitrogens with two attached hydrogens (primary N) is 2. The Balaban J connectivity index is 3.64. The standard InChI is InChI=1S/C5H12N6O4/c6-2(12)8-1-9-4(14)11-5(15)10-3(7)13/h5,15H,1H2,(H3,6,8,12)(H3,7,10,13)(H2,9,11,14). The summed E-state index contributed by atoms with van der Waals surface area (Å²) in [5, 5.41) is 16.7. The molecule has 0 fully saturated rings. The van der Waals surface area contributed by atoms with Gasteiger partial charge in [0.15, 0.2) is 0 Å². The molecule has 0 radical (unpaired) electrons. The highest BCUT2D eigenvalue weighted by molar-refractivity contribution is 5.77. The number of carbonyl (C=O) groups is 3. The third kappa shape index (κ3) is 8.11. The highest BCUT2D eigenvalue weighted by atomic mass is 16.3. The molecule has 0 aromatic carbocycles. The average molecular weight is 220 g/mol. The van der Waals surface area contributed by atoms with E-state index in [1.165, 1.54) is 0 Å². The van der Waals surface area contributed by atoms with Crippen molar-refractivity contribution in [3.05, 3.63) is 0 Å². The van der Waals surface area contributed by atoms with Gasteiger partial charge in [0.25, 0.3) is 0 Å². The molecule has 0 saturated carbocycles. The Morgan fingerprint density at radius 3 is 2.13 bits per heavy atom. The lowest BCUT2D eigenvalue weighted by molar-refractivity contribution is 0.117. The number of aliphatic hydroxyl groups is 1. The molecule has 0 bridgehead atoms. The van der Waals surface area contributed by atoms with Gasteiger partial charge in [-0.25, -0.2) is 14.4 Å². The second-order valence-corrected chi connectivity index (χ2v) is 2.28. The van der Waals surface area contributed by atoms with E-state index in [2.05, 4.69) is 16.4 Å². The molecule has 0 aromatic rings. The SMILES string of the molecule is NC(=O)NCNC(=O)NC(O)NC(N)=O. The Labute approximate surface area is 84.4 Å². The molecule has 6 amide bonds. The van der Waals surface area contributed by atoms with Crippen LogP contribution in [0.4, 0.5) is 14.4 Å². The molecule has 0 aromatic heterocycles. The maximum atomic E-state index is 10.8. The predicted molar refractivity (Wildman–Crippen MR) is 48.0 cm³/mol. The van der Waals surface area contributed by atoms with E-state index in [9.17, 15) is 14.4 Å². The zero-order valence-corrected chi connectivity index (χ0v) is 7.61. The fourth-order valence-electron chi connectivity index (χ4n) is 0.558. The predicted octanol–water partition coefficient (Wildman–Crippen LogP) is -3.14. The van der Waals surface area contributed by atoms with Crippen LogP contribution in [0.5, 0.6) is 0 Å². The van der Waals surface area contributed by atoms with E-state index in [1.807, 2.05) is 5.32 Å². The molecule has 9 N–H and O–H groups in total. The number of primary amides is 2. The maximum absolute atomic E-state index is 10.8. The summed E-state index contributed by atoms with van der Waals surface area (Å²) in [6.07, 6.45) is -1.61. The van der Waals surface area contributed by atoms with Crippen molar-refractivity contribution in [2.75, 3.05) is 6.67 Å². The molecule has 10 nitrogen and oxygen atoms in total. The molecule has 1 atom stereocenters. The van der Waals surface area contributed by atoms with Crippen LogP contribution in [0.25, 0.3) is 0 Å². The van der Waals surface area contributed by atoms with E-state index < -0.39 is 24.4 Å². The third-order valence-corrected chi connectivity index (χ3v) is 1.06. The Hall–Kier alpha value is -2.23. The monoisotopic (exact) mass is 220 g/mol. The molecule has 0 spiro atoms. The van der Waals surface area contributed by atoms with Crippen molar-refractivity contribution in [1.29, 1.82) is 0 Å². The smallest absolute Gasteiger partial charge is 0.319 e. The van der Waals surface area contributed by atoms with Gasteiger partial charge < -0.3 is 27.2 Å². The van der Waals surface area contributed by atoms with Crippen molar-refractivity contribution in [1.82, 2.24) is 21.3 Å². The van der Waals surface area contributed by atoms with Gasteiger partial charge in [0.1, 0.15) is 0 Å². The molecule has 0 heterocycles. The number of hydrogen-bond acceptors (Lipinski definition) is 4. The summed E-state index contributed by atoms with van der Waals surface area (Å²) in [5.74, 6) is 0. The Morgan fingerprint density at radius 1 is 1.07 bits per heavy atom. The minimum absolute atomic E-state index is 0.218. The minimum atomic E-state index is -1.61. The Kier molecular flexibility index (Phi) is 5.33. The molecule has 0 saturated heterocycles. The van der Waals surface area contributed by atoms with E-state index in [4.69, 9.17) is 10.8 Å². The first-order chi connectivity index (χ1) is 6.91. The van der Waals surface area contributed by atoms with E-state index in [0.717, 1.165) is 0 Å². The van der Waals surface area contributed by atoms with E-state index >= 15 is 0 Å². The number of hydrogen-bond donors (Lipinski definition) is 7. The molecule has 86 valence electrons. The summed E-state index contributed by atoms with van der Waals surface area (Å²) in [7, 11) is 0. The van der Waals surface area contributed by atoms with Gasteiger partial charge in [-0.3, -0.25) is 10.6 Å². The van der Waals surface area contributed by atoms with Crippen LogP contribution in [-0.4, -0.2) is 36.2 Å². The van der Waals surface area contributed by atoms with Gasteiger partial charge in [-0.05, 0) is 0 Å². The lowest BCUT2D eigenvalue weighted by atomic mass is 10.8. The van der Waals surface area contributed by atoms with Crippen molar-refractivity contribution in [3.8, 4) is 0 Å². The van der Waals surface area contributed by atoms with Crippen molar-refractivity contribution < 1.29 is 19.5 Å².